The number of carboxylic acid groups (broad SMARTS) is 1. The van der Waals surface area contributed by atoms with Crippen molar-refractivity contribution in [2.45, 2.75) is 26.2 Å². The third-order valence-corrected chi connectivity index (χ3v) is 5.12. The van der Waals surface area contributed by atoms with E-state index >= 15 is 0 Å². The summed E-state index contributed by atoms with van der Waals surface area (Å²) < 4.78 is 5.79. The average molecular weight is 369 g/mol. The summed E-state index contributed by atoms with van der Waals surface area (Å²) >= 11 is 1.53. The second-order valence-electron chi connectivity index (χ2n) is 6.36. The van der Waals surface area contributed by atoms with Crippen molar-refractivity contribution in [1.29, 1.82) is 5.26 Å². The molecule has 0 unspecified atom stereocenters. The number of hydrogen-bond donors (Lipinski definition) is 2. The van der Waals surface area contributed by atoms with Crippen molar-refractivity contribution in [3.05, 3.63) is 40.4 Å². The molecule has 6 nitrogen and oxygen atoms in total. The van der Waals surface area contributed by atoms with Crippen molar-refractivity contribution in [3.63, 3.8) is 0 Å². The molecule has 0 aliphatic carbocycles. The van der Waals surface area contributed by atoms with Gasteiger partial charge in [-0.15, -0.1) is 11.3 Å². The third-order valence-electron chi connectivity index (χ3n) is 4.23. The zero-order chi connectivity index (χ0) is 18.8. The highest BCUT2D eigenvalue weighted by molar-refractivity contribution is 7.13. The van der Waals surface area contributed by atoms with E-state index in [-0.39, 0.29) is 12.1 Å². The SMILES string of the molecule is C=C(CNc1cc(-c2nc(C(C)C)cs2)c2c(c1C#N)CCO2)C(=O)O. The van der Waals surface area contributed by atoms with Crippen LogP contribution in [0.15, 0.2) is 23.6 Å². The Morgan fingerprint density at radius 3 is 2.96 bits per heavy atom. The van der Waals surface area contributed by atoms with Crippen LogP contribution in [0.4, 0.5) is 5.69 Å². The van der Waals surface area contributed by atoms with Crippen LogP contribution in [0.25, 0.3) is 10.6 Å². The molecule has 2 N–H and O–H groups in total. The Morgan fingerprint density at radius 2 is 2.35 bits per heavy atom. The molecule has 26 heavy (non-hydrogen) atoms. The Hall–Kier alpha value is -2.85. The van der Waals surface area contributed by atoms with Crippen LogP contribution >= 0.6 is 11.3 Å². The second-order valence-corrected chi connectivity index (χ2v) is 7.22. The van der Waals surface area contributed by atoms with Gasteiger partial charge in [-0.2, -0.15) is 5.26 Å². The van der Waals surface area contributed by atoms with Gasteiger partial charge in [0.25, 0.3) is 0 Å². The molecule has 1 aromatic heterocycles. The van der Waals surface area contributed by atoms with Crippen LogP contribution in [0.2, 0.25) is 0 Å². The Morgan fingerprint density at radius 1 is 1.58 bits per heavy atom. The standard InChI is InChI=1S/C19H19N3O3S/c1-10(2)16-9-26-18(22-16)13-6-15(21-8-11(3)19(23)24)14(7-20)12-4-5-25-17(12)13/h6,9-10,21H,3-5,8H2,1-2H3,(H,23,24). The van der Waals surface area contributed by atoms with Gasteiger partial charge in [0.15, 0.2) is 0 Å². The van der Waals surface area contributed by atoms with E-state index in [0.717, 1.165) is 21.8 Å². The molecule has 0 fully saturated rings. The van der Waals surface area contributed by atoms with Gasteiger partial charge >= 0.3 is 5.97 Å². The number of aromatic nitrogens is 1. The quantitative estimate of drug-likeness (QED) is 0.752. The third kappa shape index (κ3) is 3.28. The summed E-state index contributed by atoms with van der Waals surface area (Å²) in [5.41, 5.74) is 3.78. The fourth-order valence-corrected chi connectivity index (χ4v) is 3.75. The van der Waals surface area contributed by atoms with Crippen molar-refractivity contribution < 1.29 is 14.6 Å². The number of rotatable bonds is 6. The Kier molecular flexibility index (Phi) is 4.96. The zero-order valence-corrected chi connectivity index (χ0v) is 15.4. The topological polar surface area (TPSA) is 95.2 Å². The number of aliphatic carboxylic acids is 1. The highest BCUT2D eigenvalue weighted by Gasteiger charge is 2.26. The minimum absolute atomic E-state index is 0.0310. The van der Waals surface area contributed by atoms with Gasteiger partial charge in [-0.3, -0.25) is 0 Å². The lowest BCUT2D eigenvalue weighted by Gasteiger charge is -2.14. The Balaban J connectivity index is 2.06. The summed E-state index contributed by atoms with van der Waals surface area (Å²) in [5.74, 6) is -0.0418. The first-order valence-corrected chi connectivity index (χ1v) is 9.13. The van der Waals surface area contributed by atoms with Gasteiger partial charge in [-0.05, 0) is 12.0 Å². The van der Waals surface area contributed by atoms with Gasteiger partial charge in [0.1, 0.15) is 16.8 Å². The highest BCUT2D eigenvalue weighted by atomic mass is 32.1. The predicted octanol–water partition coefficient (Wildman–Crippen LogP) is 3.79. The predicted molar refractivity (Wildman–Crippen MR) is 101 cm³/mol. The molecule has 0 radical (unpaired) electrons. The molecule has 1 aromatic carbocycles. The molecule has 2 heterocycles. The lowest BCUT2D eigenvalue weighted by atomic mass is 9.99. The highest BCUT2D eigenvalue weighted by Crippen LogP contribution is 2.43. The maximum Gasteiger partial charge on any atom is 0.332 e. The minimum atomic E-state index is -1.07. The number of hydrogen-bond acceptors (Lipinski definition) is 6. The fraction of sp³-hybridized carbons (Fsp3) is 0.316. The van der Waals surface area contributed by atoms with E-state index in [1.165, 1.54) is 11.3 Å². The van der Waals surface area contributed by atoms with E-state index in [9.17, 15) is 10.1 Å². The first-order valence-electron chi connectivity index (χ1n) is 8.25. The summed E-state index contributed by atoms with van der Waals surface area (Å²) in [5, 5.41) is 24.5. The van der Waals surface area contributed by atoms with Crippen molar-refractivity contribution in [2.24, 2.45) is 0 Å². The van der Waals surface area contributed by atoms with Crippen molar-refractivity contribution in [1.82, 2.24) is 4.98 Å². The van der Waals surface area contributed by atoms with Crippen LogP contribution in [0.1, 0.15) is 36.6 Å². The average Bonchev–Trinajstić information content (AvgIpc) is 3.27. The summed E-state index contributed by atoms with van der Waals surface area (Å²) in [7, 11) is 0. The molecular formula is C19H19N3O3S. The van der Waals surface area contributed by atoms with Crippen molar-refractivity contribution >= 4 is 23.0 Å². The first kappa shape index (κ1) is 18.0. The number of carbonyl (C=O) groups is 1. The van der Waals surface area contributed by atoms with Crippen LogP contribution in [0.3, 0.4) is 0 Å². The van der Waals surface area contributed by atoms with Gasteiger partial charge in [0.2, 0.25) is 0 Å². The minimum Gasteiger partial charge on any atom is -0.492 e. The largest absolute Gasteiger partial charge is 0.492 e. The number of ether oxygens (including phenoxy) is 1. The molecular weight excluding hydrogens is 350 g/mol. The molecule has 0 saturated carbocycles. The summed E-state index contributed by atoms with van der Waals surface area (Å²) in [6.07, 6.45) is 0.642. The van der Waals surface area contributed by atoms with Crippen molar-refractivity contribution in [3.8, 4) is 22.4 Å². The Labute approximate surface area is 155 Å². The molecule has 3 rings (SSSR count). The molecule has 1 aliphatic rings. The number of nitrogens with one attached hydrogen (secondary N) is 1. The Bertz CT molecular complexity index is 925. The number of thiazole rings is 1. The number of benzene rings is 1. The molecule has 2 aromatic rings. The molecule has 1 aliphatic heterocycles. The number of fused-ring (bicyclic) bond motifs is 1. The molecule has 7 heteroatoms. The van der Waals surface area contributed by atoms with Crippen LogP contribution in [-0.4, -0.2) is 29.2 Å². The van der Waals surface area contributed by atoms with Crippen LogP contribution in [0.5, 0.6) is 5.75 Å². The molecule has 0 amide bonds. The van der Waals surface area contributed by atoms with E-state index in [2.05, 4.69) is 31.8 Å². The van der Waals surface area contributed by atoms with E-state index in [1.807, 2.05) is 11.4 Å². The molecule has 0 saturated heterocycles. The lowest BCUT2D eigenvalue weighted by molar-refractivity contribution is -0.132. The van der Waals surface area contributed by atoms with Crippen molar-refractivity contribution in [2.75, 3.05) is 18.5 Å². The first-order chi connectivity index (χ1) is 12.4. The number of anilines is 1. The number of nitriles is 1. The van der Waals surface area contributed by atoms with Gasteiger partial charge < -0.3 is 15.2 Å². The molecule has 0 atom stereocenters. The summed E-state index contributed by atoms with van der Waals surface area (Å²) in [6, 6.07) is 4.03. The maximum absolute atomic E-state index is 11.0. The van der Waals surface area contributed by atoms with Crippen LogP contribution < -0.4 is 10.1 Å². The van der Waals surface area contributed by atoms with Gasteiger partial charge in [0, 0.05) is 29.5 Å². The summed E-state index contributed by atoms with van der Waals surface area (Å²) in [6.45, 7) is 8.27. The zero-order valence-electron chi connectivity index (χ0n) is 14.6. The molecule has 134 valence electrons. The fourth-order valence-electron chi connectivity index (χ4n) is 2.76. The monoisotopic (exact) mass is 369 g/mol. The van der Waals surface area contributed by atoms with E-state index in [1.54, 1.807) is 0 Å². The smallest absolute Gasteiger partial charge is 0.332 e. The normalized spacial score (nSPS) is 12.4. The lowest BCUT2D eigenvalue weighted by Crippen LogP contribution is -2.12. The second kappa shape index (κ2) is 7.18. The van der Waals surface area contributed by atoms with Crippen LogP contribution in [0, 0.1) is 11.3 Å². The summed E-state index contributed by atoms with van der Waals surface area (Å²) in [4.78, 5) is 15.7. The van der Waals surface area contributed by atoms with Gasteiger partial charge in [0.05, 0.1) is 29.1 Å². The van der Waals surface area contributed by atoms with E-state index < -0.39 is 5.97 Å². The number of carboxylic acids is 1. The van der Waals surface area contributed by atoms with Gasteiger partial charge in [-0.1, -0.05) is 20.4 Å². The van der Waals surface area contributed by atoms with E-state index in [0.29, 0.717) is 35.9 Å². The molecule has 0 spiro atoms. The molecule has 0 bridgehead atoms. The van der Waals surface area contributed by atoms with Crippen LogP contribution in [-0.2, 0) is 11.2 Å². The van der Waals surface area contributed by atoms with Gasteiger partial charge in [-0.25, -0.2) is 9.78 Å². The maximum atomic E-state index is 11.0. The number of nitrogens with zero attached hydrogens (tertiary/aromatic N) is 2. The van der Waals surface area contributed by atoms with E-state index in [4.69, 9.17) is 14.8 Å².